The van der Waals surface area contributed by atoms with Crippen LogP contribution in [0.3, 0.4) is 0 Å². The molecule has 1 aliphatic rings. The van der Waals surface area contributed by atoms with Gasteiger partial charge in [-0.3, -0.25) is 20.8 Å². The van der Waals surface area contributed by atoms with E-state index in [0.29, 0.717) is 25.1 Å². The van der Waals surface area contributed by atoms with Crippen molar-refractivity contribution in [3.8, 4) is 0 Å². The van der Waals surface area contributed by atoms with Crippen molar-refractivity contribution in [2.75, 3.05) is 18.5 Å². The van der Waals surface area contributed by atoms with Crippen LogP contribution in [0.15, 0.2) is 12.1 Å². The molecular formula is C13H17FN4O3. The standard InChI is InChI=1S/C13H17FN4O3/c1-2-17(7-8-3-4-8)13(19)9-5-11(16-15)10(14)6-12(9)18(20)21/h5-6,8,16H,2-4,7,15H2,1H3. The summed E-state index contributed by atoms with van der Waals surface area (Å²) in [5.41, 5.74) is 1.25. The van der Waals surface area contributed by atoms with Crippen LogP contribution in [-0.4, -0.2) is 28.8 Å². The van der Waals surface area contributed by atoms with E-state index >= 15 is 0 Å². The Morgan fingerprint density at radius 1 is 1.57 bits per heavy atom. The Hall–Kier alpha value is -2.22. The number of nitrogens with zero attached hydrogens (tertiary/aromatic N) is 2. The van der Waals surface area contributed by atoms with Crippen molar-refractivity contribution in [3.63, 3.8) is 0 Å². The molecule has 1 fully saturated rings. The minimum atomic E-state index is -0.869. The van der Waals surface area contributed by atoms with E-state index in [1.54, 1.807) is 6.92 Å². The van der Waals surface area contributed by atoms with Crippen molar-refractivity contribution in [1.82, 2.24) is 4.90 Å². The van der Waals surface area contributed by atoms with Gasteiger partial charge in [-0.1, -0.05) is 0 Å². The first-order valence-electron chi connectivity index (χ1n) is 6.71. The number of benzene rings is 1. The second-order valence-electron chi connectivity index (χ2n) is 5.04. The minimum Gasteiger partial charge on any atom is -0.338 e. The highest BCUT2D eigenvalue weighted by Crippen LogP contribution is 2.31. The number of hydrazine groups is 1. The smallest absolute Gasteiger partial charge is 0.285 e. The lowest BCUT2D eigenvalue weighted by Crippen LogP contribution is -2.33. The fourth-order valence-electron chi connectivity index (χ4n) is 2.13. The lowest BCUT2D eigenvalue weighted by molar-refractivity contribution is -0.385. The molecule has 1 aliphatic carbocycles. The van der Waals surface area contributed by atoms with E-state index in [-0.39, 0.29) is 11.3 Å². The summed E-state index contributed by atoms with van der Waals surface area (Å²) in [6, 6.07) is 1.80. The Balaban J connectivity index is 2.38. The molecule has 2 rings (SSSR count). The molecule has 0 spiro atoms. The van der Waals surface area contributed by atoms with Crippen molar-refractivity contribution in [3.05, 3.63) is 33.6 Å². The van der Waals surface area contributed by atoms with Crippen molar-refractivity contribution >= 4 is 17.3 Å². The summed E-state index contributed by atoms with van der Waals surface area (Å²) in [5.74, 6) is 4.27. The number of carbonyl (C=O) groups excluding carboxylic acids is 1. The monoisotopic (exact) mass is 296 g/mol. The molecule has 0 atom stereocenters. The van der Waals surface area contributed by atoms with Gasteiger partial charge < -0.3 is 10.3 Å². The topological polar surface area (TPSA) is 102 Å². The molecule has 7 nitrogen and oxygen atoms in total. The highest BCUT2D eigenvalue weighted by atomic mass is 19.1. The van der Waals surface area contributed by atoms with Crippen LogP contribution in [-0.2, 0) is 0 Å². The fraction of sp³-hybridized carbons (Fsp3) is 0.462. The number of nitro benzene ring substituents is 1. The molecule has 3 N–H and O–H groups in total. The van der Waals surface area contributed by atoms with Crippen molar-refractivity contribution in [1.29, 1.82) is 0 Å². The summed E-state index contributed by atoms with van der Waals surface area (Å²) in [5, 5.41) is 11.0. The number of halogens is 1. The molecule has 1 saturated carbocycles. The molecule has 0 heterocycles. The maximum absolute atomic E-state index is 13.6. The zero-order chi connectivity index (χ0) is 15.6. The second kappa shape index (κ2) is 6.04. The first-order valence-corrected chi connectivity index (χ1v) is 6.71. The molecule has 0 aliphatic heterocycles. The number of carbonyl (C=O) groups is 1. The number of nitro groups is 1. The number of anilines is 1. The third-order valence-corrected chi connectivity index (χ3v) is 3.51. The molecule has 21 heavy (non-hydrogen) atoms. The van der Waals surface area contributed by atoms with Gasteiger partial charge in [0.05, 0.1) is 16.7 Å². The third kappa shape index (κ3) is 3.27. The average Bonchev–Trinajstić information content (AvgIpc) is 3.27. The van der Waals surface area contributed by atoms with Crippen LogP contribution in [0.2, 0.25) is 0 Å². The molecular weight excluding hydrogens is 279 g/mol. The number of nitrogens with two attached hydrogens (primary N) is 1. The van der Waals surface area contributed by atoms with Crippen molar-refractivity contribution in [2.45, 2.75) is 19.8 Å². The van der Waals surface area contributed by atoms with Crippen LogP contribution >= 0.6 is 0 Å². The van der Waals surface area contributed by atoms with Gasteiger partial charge in [0.2, 0.25) is 0 Å². The van der Waals surface area contributed by atoms with E-state index in [2.05, 4.69) is 5.43 Å². The van der Waals surface area contributed by atoms with E-state index in [1.165, 1.54) is 4.90 Å². The summed E-state index contributed by atoms with van der Waals surface area (Å²) >= 11 is 0. The zero-order valence-corrected chi connectivity index (χ0v) is 11.6. The minimum absolute atomic E-state index is 0.147. The Labute approximate surface area is 121 Å². The van der Waals surface area contributed by atoms with Gasteiger partial charge in [0, 0.05) is 13.1 Å². The van der Waals surface area contributed by atoms with Crippen LogP contribution < -0.4 is 11.3 Å². The highest BCUT2D eigenvalue weighted by Gasteiger charge is 2.30. The summed E-state index contributed by atoms with van der Waals surface area (Å²) in [7, 11) is 0. The Bertz CT molecular complexity index is 575. The van der Waals surface area contributed by atoms with Gasteiger partial charge in [-0.05, 0) is 31.7 Å². The zero-order valence-electron chi connectivity index (χ0n) is 11.6. The number of hydrogen-bond donors (Lipinski definition) is 2. The van der Waals surface area contributed by atoms with Crippen molar-refractivity contribution in [2.24, 2.45) is 11.8 Å². The molecule has 0 unspecified atom stereocenters. The van der Waals surface area contributed by atoms with Gasteiger partial charge in [-0.15, -0.1) is 0 Å². The molecule has 0 radical (unpaired) electrons. The summed E-state index contributed by atoms with van der Waals surface area (Å²) in [6.07, 6.45) is 2.12. The second-order valence-corrected chi connectivity index (χ2v) is 5.04. The molecule has 114 valence electrons. The van der Waals surface area contributed by atoms with Gasteiger partial charge in [0.1, 0.15) is 5.56 Å². The Morgan fingerprint density at radius 2 is 2.24 bits per heavy atom. The predicted molar refractivity (Wildman–Crippen MR) is 75.2 cm³/mol. The largest absolute Gasteiger partial charge is 0.338 e. The fourth-order valence-corrected chi connectivity index (χ4v) is 2.13. The van der Waals surface area contributed by atoms with Crippen LogP contribution in [0.25, 0.3) is 0 Å². The quantitative estimate of drug-likeness (QED) is 0.474. The van der Waals surface area contributed by atoms with Crippen LogP contribution in [0, 0.1) is 21.8 Å². The van der Waals surface area contributed by atoms with E-state index in [4.69, 9.17) is 5.84 Å². The SMILES string of the molecule is CCN(CC1CC1)C(=O)c1cc(NN)c(F)cc1[N+](=O)[O-]. The van der Waals surface area contributed by atoms with Crippen LogP contribution in [0.4, 0.5) is 15.8 Å². The number of amides is 1. The highest BCUT2D eigenvalue weighted by molar-refractivity contribution is 5.99. The summed E-state index contributed by atoms with van der Waals surface area (Å²) in [4.78, 5) is 24.3. The Morgan fingerprint density at radius 3 is 2.71 bits per heavy atom. The van der Waals surface area contributed by atoms with Gasteiger partial charge in [0.25, 0.3) is 11.6 Å². The molecule has 0 aromatic heterocycles. The Kier molecular flexibility index (Phi) is 4.37. The van der Waals surface area contributed by atoms with Gasteiger partial charge in [-0.2, -0.15) is 0 Å². The number of nitrogen functional groups attached to an aromatic ring is 1. The number of rotatable bonds is 6. The van der Waals surface area contributed by atoms with Gasteiger partial charge in [0.15, 0.2) is 5.82 Å². The normalized spacial score (nSPS) is 13.9. The van der Waals surface area contributed by atoms with E-state index in [9.17, 15) is 19.3 Å². The molecule has 1 aromatic rings. The van der Waals surface area contributed by atoms with Crippen molar-refractivity contribution < 1.29 is 14.1 Å². The molecule has 0 bridgehead atoms. The molecule has 8 heteroatoms. The maximum atomic E-state index is 13.6. The average molecular weight is 296 g/mol. The number of nitrogens with one attached hydrogen (secondary N) is 1. The number of hydrogen-bond acceptors (Lipinski definition) is 5. The van der Waals surface area contributed by atoms with Crippen LogP contribution in [0.1, 0.15) is 30.1 Å². The third-order valence-electron chi connectivity index (χ3n) is 3.51. The summed E-state index contributed by atoms with van der Waals surface area (Å²) in [6.45, 7) is 2.81. The molecule has 1 aromatic carbocycles. The molecule has 1 amide bonds. The maximum Gasteiger partial charge on any atom is 0.285 e. The predicted octanol–water partition coefficient (Wildman–Crippen LogP) is 1.89. The van der Waals surface area contributed by atoms with E-state index in [0.717, 1.165) is 18.9 Å². The summed E-state index contributed by atoms with van der Waals surface area (Å²) < 4.78 is 13.6. The lowest BCUT2D eigenvalue weighted by Gasteiger charge is -2.21. The first-order chi connectivity index (χ1) is 9.97. The van der Waals surface area contributed by atoms with E-state index in [1.807, 2.05) is 0 Å². The van der Waals surface area contributed by atoms with E-state index < -0.39 is 22.3 Å². The first kappa shape index (κ1) is 15.2. The lowest BCUT2D eigenvalue weighted by atomic mass is 10.1. The van der Waals surface area contributed by atoms with Gasteiger partial charge in [-0.25, -0.2) is 4.39 Å². The molecule has 0 saturated heterocycles. The van der Waals surface area contributed by atoms with Crippen LogP contribution in [0.5, 0.6) is 0 Å². The van der Waals surface area contributed by atoms with Gasteiger partial charge >= 0.3 is 0 Å².